The third-order valence-electron chi connectivity index (χ3n) is 11.1. The van der Waals surface area contributed by atoms with Crippen LogP contribution >= 0.6 is 0 Å². The summed E-state index contributed by atoms with van der Waals surface area (Å²) in [5, 5.41) is 8.14. The van der Waals surface area contributed by atoms with Crippen LogP contribution in [-0.2, 0) is 57.0 Å². The van der Waals surface area contributed by atoms with E-state index in [0.717, 1.165) is 4.90 Å². The number of amides is 5. The van der Waals surface area contributed by atoms with Crippen LogP contribution in [0.25, 0.3) is 11.1 Å². The first-order valence-corrected chi connectivity index (χ1v) is 23.3. The fourth-order valence-electron chi connectivity index (χ4n) is 7.80. The smallest absolute Gasteiger partial charge is 0.407 e. The van der Waals surface area contributed by atoms with Gasteiger partial charge in [0.25, 0.3) is 11.8 Å². The predicted octanol–water partition coefficient (Wildman–Crippen LogP) is 3.58. The number of hydrogen-bond acceptors (Lipinski definition) is 16. The molecule has 6 rings (SSSR count). The maximum absolute atomic E-state index is 13.2. The van der Waals surface area contributed by atoms with Crippen LogP contribution in [-0.4, -0.2) is 179 Å². The van der Waals surface area contributed by atoms with E-state index in [1.165, 1.54) is 22.3 Å². The number of nitrogens with one attached hydrogen (secondary N) is 3. The van der Waals surface area contributed by atoms with E-state index in [1.54, 1.807) is 18.2 Å². The van der Waals surface area contributed by atoms with Crippen molar-refractivity contribution in [2.24, 2.45) is 0 Å². The minimum atomic E-state index is -1.02. The van der Waals surface area contributed by atoms with Crippen LogP contribution in [0.5, 0.6) is 0 Å². The Kier molecular flexibility index (Phi) is 22.6. The molecule has 1 saturated heterocycles. The number of imide groups is 2. The van der Waals surface area contributed by atoms with Crippen molar-refractivity contribution in [3.63, 3.8) is 0 Å². The van der Waals surface area contributed by atoms with Gasteiger partial charge in [0.15, 0.2) is 0 Å². The summed E-state index contributed by atoms with van der Waals surface area (Å²) in [6.45, 7) is 8.99. The highest BCUT2D eigenvalue weighted by Gasteiger charge is 2.45. The molecule has 0 saturated carbocycles. The zero-order valence-electron chi connectivity index (χ0n) is 38.5. The fourth-order valence-corrected chi connectivity index (χ4v) is 7.80. The summed E-state index contributed by atoms with van der Waals surface area (Å²) >= 11 is 0. The van der Waals surface area contributed by atoms with Crippen LogP contribution in [0.4, 0.5) is 10.5 Å². The molecule has 19 heteroatoms. The first kappa shape index (κ1) is 52.0. The zero-order chi connectivity index (χ0) is 47.6. The highest BCUT2D eigenvalue weighted by Crippen LogP contribution is 2.44. The van der Waals surface area contributed by atoms with Gasteiger partial charge in [-0.2, -0.15) is 0 Å². The molecule has 0 aromatic heterocycles. The molecule has 3 aromatic carbocycles. The van der Waals surface area contributed by atoms with E-state index in [1.807, 2.05) is 24.3 Å². The maximum Gasteiger partial charge on any atom is 0.407 e. The van der Waals surface area contributed by atoms with Crippen LogP contribution in [0, 0.1) is 0 Å². The minimum absolute atomic E-state index is 0.0362. The third-order valence-corrected chi connectivity index (χ3v) is 11.1. The van der Waals surface area contributed by atoms with Gasteiger partial charge in [-0.15, -0.1) is 0 Å². The predicted molar refractivity (Wildman–Crippen MR) is 247 cm³/mol. The van der Waals surface area contributed by atoms with Crippen LogP contribution in [0.15, 0.2) is 66.7 Å². The van der Waals surface area contributed by atoms with Gasteiger partial charge in [-0.25, -0.2) is 4.79 Å². The van der Waals surface area contributed by atoms with Crippen molar-refractivity contribution in [2.45, 2.75) is 31.2 Å². The monoisotopic (exact) mass is 948 g/mol. The van der Waals surface area contributed by atoms with Gasteiger partial charge in [0.05, 0.1) is 123 Å². The van der Waals surface area contributed by atoms with Gasteiger partial charge in [0.2, 0.25) is 11.8 Å². The standard InChI is InChI=1S/C49H64N4O15/c54-44-14-13-43(46(55)52-44)53-47(56)40-11-5-12-42(45(40)48(53)57)50-16-18-60-20-22-62-24-26-64-28-30-66-32-34-67-33-31-65-29-27-63-25-23-61-21-19-59-17-6-15-51-49(58)68-35-41-38-9-3-1-7-36(38)37-8-2-4-10-39(37)41/h1-5,7-12,41,43,50H,6,13-35H2,(H,51,58)(H,52,54,55). The van der Waals surface area contributed by atoms with Gasteiger partial charge in [-0.1, -0.05) is 54.6 Å². The topological polar surface area (TPSA) is 217 Å². The molecular weight excluding hydrogens is 885 g/mol. The van der Waals surface area contributed by atoms with Crippen LogP contribution in [0.2, 0.25) is 0 Å². The lowest BCUT2D eigenvalue weighted by Gasteiger charge is -2.27. The number of anilines is 1. The minimum Gasteiger partial charge on any atom is -0.449 e. The summed E-state index contributed by atoms with van der Waals surface area (Å²) in [7, 11) is 0. The van der Waals surface area contributed by atoms with Crippen molar-refractivity contribution in [1.82, 2.24) is 15.5 Å². The number of carbonyl (C=O) groups excluding carboxylic acids is 5. The lowest BCUT2D eigenvalue weighted by atomic mass is 9.98. The van der Waals surface area contributed by atoms with E-state index in [-0.39, 0.29) is 29.9 Å². The molecule has 3 aromatic rings. The van der Waals surface area contributed by atoms with Gasteiger partial charge in [-0.3, -0.25) is 29.4 Å². The number of benzene rings is 3. The Morgan fingerprint density at radius 1 is 0.544 bits per heavy atom. The second kappa shape index (κ2) is 29.5. The van der Waals surface area contributed by atoms with Gasteiger partial charge >= 0.3 is 6.09 Å². The molecule has 1 aliphatic carbocycles. The lowest BCUT2D eigenvalue weighted by molar-refractivity contribution is -0.136. The van der Waals surface area contributed by atoms with Gasteiger partial charge in [0.1, 0.15) is 12.6 Å². The van der Waals surface area contributed by atoms with Crippen molar-refractivity contribution < 1.29 is 71.3 Å². The average molecular weight is 949 g/mol. The molecule has 370 valence electrons. The number of fused-ring (bicyclic) bond motifs is 4. The molecule has 1 atom stereocenters. The Bertz CT molecular complexity index is 2030. The normalized spacial score (nSPS) is 15.4. The maximum atomic E-state index is 13.2. The second-order valence-electron chi connectivity index (χ2n) is 15.7. The van der Waals surface area contributed by atoms with Crippen molar-refractivity contribution in [1.29, 1.82) is 0 Å². The summed E-state index contributed by atoms with van der Waals surface area (Å²) in [5.74, 6) is -2.15. The zero-order valence-corrected chi connectivity index (χ0v) is 38.5. The summed E-state index contributed by atoms with van der Waals surface area (Å²) in [6.07, 6.45) is 0.401. The summed E-state index contributed by atoms with van der Waals surface area (Å²) in [5.41, 5.74) is 5.66. The summed E-state index contributed by atoms with van der Waals surface area (Å²) in [4.78, 5) is 63.3. The molecule has 0 spiro atoms. The average Bonchev–Trinajstić information content (AvgIpc) is 3.80. The Morgan fingerprint density at radius 2 is 1.01 bits per heavy atom. The first-order valence-electron chi connectivity index (χ1n) is 23.3. The number of hydrogen-bond donors (Lipinski definition) is 3. The Labute approximate surface area is 396 Å². The van der Waals surface area contributed by atoms with E-state index in [2.05, 4.69) is 40.2 Å². The highest BCUT2D eigenvalue weighted by atomic mass is 16.6. The Balaban J connectivity index is 0.621. The van der Waals surface area contributed by atoms with Gasteiger partial charge in [0, 0.05) is 37.7 Å². The Hall–Kier alpha value is -5.35. The number of piperidine rings is 1. The first-order chi connectivity index (χ1) is 33.4. The molecule has 3 aliphatic rings. The van der Waals surface area contributed by atoms with Crippen LogP contribution < -0.4 is 16.0 Å². The molecule has 0 radical (unpaired) electrons. The number of nitrogens with zero attached hydrogens (tertiary/aromatic N) is 1. The van der Waals surface area contributed by atoms with Crippen LogP contribution in [0.1, 0.15) is 57.0 Å². The molecule has 0 bridgehead atoms. The van der Waals surface area contributed by atoms with E-state index < -0.39 is 35.8 Å². The number of ether oxygens (including phenoxy) is 10. The number of alkyl carbamates (subject to hydrolysis) is 1. The van der Waals surface area contributed by atoms with E-state index in [4.69, 9.17) is 47.4 Å². The molecule has 1 fully saturated rings. The molecular formula is C49H64N4O15. The molecule has 3 N–H and O–H groups in total. The number of carbonyl (C=O) groups is 5. The van der Waals surface area contributed by atoms with Crippen LogP contribution in [0.3, 0.4) is 0 Å². The lowest BCUT2D eigenvalue weighted by Crippen LogP contribution is -2.54. The highest BCUT2D eigenvalue weighted by molar-refractivity contribution is 6.25. The molecule has 2 heterocycles. The molecule has 2 aliphatic heterocycles. The summed E-state index contributed by atoms with van der Waals surface area (Å²) in [6, 6.07) is 20.4. The van der Waals surface area contributed by atoms with Crippen molar-refractivity contribution in [3.8, 4) is 11.1 Å². The second-order valence-corrected chi connectivity index (χ2v) is 15.7. The van der Waals surface area contributed by atoms with E-state index in [0.29, 0.717) is 151 Å². The van der Waals surface area contributed by atoms with Crippen molar-refractivity contribution >= 4 is 35.4 Å². The van der Waals surface area contributed by atoms with Crippen molar-refractivity contribution in [2.75, 3.05) is 144 Å². The Morgan fingerprint density at radius 3 is 1.53 bits per heavy atom. The van der Waals surface area contributed by atoms with Crippen molar-refractivity contribution in [3.05, 3.63) is 89.0 Å². The molecule has 1 unspecified atom stereocenters. The SMILES string of the molecule is O=C1CCC(N2C(=O)c3cccc(NCCOCCOCCOCCOCCOCCOCCOCCOCCOCCCNC(=O)OCC4c5ccccc5-c5ccccc54)c3C2=O)C(=O)N1. The fraction of sp³-hybridized carbons (Fsp3) is 0.531. The largest absolute Gasteiger partial charge is 0.449 e. The van der Waals surface area contributed by atoms with E-state index >= 15 is 0 Å². The van der Waals surface area contributed by atoms with Gasteiger partial charge < -0.3 is 58.0 Å². The molecule has 5 amide bonds. The summed E-state index contributed by atoms with van der Waals surface area (Å²) < 4.78 is 55.4. The van der Waals surface area contributed by atoms with Gasteiger partial charge in [-0.05, 0) is 47.2 Å². The molecule has 68 heavy (non-hydrogen) atoms. The number of rotatable bonds is 35. The third kappa shape index (κ3) is 16.1. The quantitative estimate of drug-likeness (QED) is 0.0567. The van der Waals surface area contributed by atoms with E-state index in [9.17, 15) is 24.0 Å². The molecule has 19 nitrogen and oxygen atoms in total.